The number of rotatable bonds is 8. The molecular weight excluding hydrogens is 555 g/mol. The fraction of sp³-hybridized carbons (Fsp3) is 0.346. The van der Waals surface area contributed by atoms with Crippen LogP contribution in [0.3, 0.4) is 0 Å². The highest BCUT2D eigenvalue weighted by atomic mass is 32.2. The zero-order valence-corrected chi connectivity index (χ0v) is 22.2. The molecule has 2 aliphatic rings. The number of halogens is 3. The van der Waals surface area contributed by atoms with Crippen LogP contribution in [0.1, 0.15) is 17.5 Å². The lowest BCUT2D eigenvalue weighted by molar-refractivity contribution is -0.545. The van der Waals surface area contributed by atoms with Gasteiger partial charge in [-0.15, -0.1) is 13.2 Å². The highest BCUT2D eigenvalue weighted by Crippen LogP contribution is 2.40. The Morgan fingerprint density at radius 1 is 1.02 bits per heavy atom. The topological polar surface area (TPSA) is 119 Å². The van der Waals surface area contributed by atoms with Crippen molar-refractivity contribution in [1.29, 1.82) is 0 Å². The lowest BCUT2D eigenvalue weighted by Crippen LogP contribution is -2.60. The number of amides is 1. The molecule has 214 valence electrons. The SMILES string of the molecule is CS(=O)(=O)OC1=CC=C(c2ccccc2)CC1(C(=O)N1CCN(Cc2ccc(OC(F)(F)F)cc2)CC1)[N+](=O)[O-]. The first kappa shape index (κ1) is 29.1. The van der Waals surface area contributed by atoms with Crippen molar-refractivity contribution >= 4 is 21.6 Å². The summed E-state index contributed by atoms with van der Waals surface area (Å²) >= 11 is 0. The van der Waals surface area contributed by atoms with E-state index in [1.807, 2.05) is 4.90 Å². The number of nitrogens with zero attached hydrogens (tertiary/aromatic N) is 3. The smallest absolute Gasteiger partial charge is 0.406 e. The number of alkyl halides is 3. The highest BCUT2D eigenvalue weighted by Gasteiger charge is 2.60. The fourth-order valence-corrected chi connectivity index (χ4v) is 5.20. The molecule has 1 atom stereocenters. The third kappa shape index (κ3) is 6.80. The Kier molecular flexibility index (Phi) is 8.21. The second-order valence-electron chi connectivity index (χ2n) is 9.43. The van der Waals surface area contributed by atoms with Crippen molar-refractivity contribution in [3.63, 3.8) is 0 Å². The van der Waals surface area contributed by atoms with E-state index in [1.165, 1.54) is 35.2 Å². The van der Waals surface area contributed by atoms with Crippen LogP contribution >= 0.6 is 0 Å². The van der Waals surface area contributed by atoms with Gasteiger partial charge in [0.05, 0.1) is 12.7 Å². The molecule has 1 unspecified atom stereocenters. The number of benzene rings is 2. The van der Waals surface area contributed by atoms with Crippen molar-refractivity contribution in [2.45, 2.75) is 24.9 Å². The maximum Gasteiger partial charge on any atom is 0.573 e. The number of carbonyl (C=O) groups excluding carboxylic acids is 1. The molecule has 0 aromatic heterocycles. The van der Waals surface area contributed by atoms with E-state index in [1.54, 1.807) is 30.3 Å². The average Bonchev–Trinajstić information content (AvgIpc) is 2.89. The van der Waals surface area contributed by atoms with Gasteiger partial charge in [-0.25, -0.2) is 0 Å². The monoisotopic (exact) mass is 581 g/mol. The Hall–Kier alpha value is -3.91. The first-order valence-electron chi connectivity index (χ1n) is 12.1. The van der Waals surface area contributed by atoms with Gasteiger partial charge >= 0.3 is 27.9 Å². The highest BCUT2D eigenvalue weighted by molar-refractivity contribution is 7.86. The number of hydrogen-bond donors (Lipinski definition) is 0. The minimum absolute atomic E-state index is 0.111. The van der Waals surface area contributed by atoms with Gasteiger partial charge in [-0.3, -0.25) is 19.8 Å². The summed E-state index contributed by atoms with van der Waals surface area (Å²) in [5.41, 5.74) is -0.650. The van der Waals surface area contributed by atoms with Crippen LogP contribution in [0.15, 0.2) is 72.5 Å². The standard InChI is InChI=1S/C26H26F3N3O7S/c1-40(36,37)39-23-12-9-21(20-5-3-2-4-6-20)17-25(23,32(34)35)24(33)31-15-13-30(14-16-31)18-19-7-10-22(11-8-19)38-26(27,28)29/h2-12H,13-18H2,1H3. The number of hydrogen-bond acceptors (Lipinski definition) is 8. The van der Waals surface area contributed by atoms with E-state index in [-0.39, 0.29) is 18.8 Å². The zero-order valence-electron chi connectivity index (χ0n) is 21.3. The quantitative estimate of drug-likeness (QED) is 0.264. The van der Waals surface area contributed by atoms with Gasteiger partial charge in [0.25, 0.3) is 0 Å². The zero-order chi connectivity index (χ0) is 29.1. The third-order valence-electron chi connectivity index (χ3n) is 6.56. The Bertz CT molecular complexity index is 1420. The molecule has 0 spiro atoms. The molecular formula is C26H26F3N3O7S. The summed E-state index contributed by atoms with van der Waals surface area (Å²) in [6.07, 6.45) is -1.77. The van der Waals surface area contributed by atoms with E-state index in [4.69, 9.17) is 4.18 Å². The van der Waals surface area contributed by atoms with Gasteiger partial charge in [-0.2, -0.15) is 8.42 Å². The van der Waals surface area contributed by atoms with Crippen LogP contribution in [0.4, 0.5) is 13.2 Å². The molecule has 2 aromatic carbocycles. The van der Waals surface area contributed by atoms with Crippen LogP contribution in [0.2, 0.25) is 0 Å². The second-order valence-corrected chi connectivity index (χ2v) is 11.0. The minimum Gasteiger partial charge on any atom is -0.406 e. The molecule has 1 amide bonds. The summed E-state index contributed by atoms with van der Waals surface area (Å²) in [4.78, 5) is 28.9. The molecule has 10 nitrogen and oxygen atoms in total. The van der Waals surface area contributed by atoms with Crippen LogP contribution in [0, 0.1) is 10.1 Å². The molecule has 0 radical (unpaired) electrons. The van der Waals surface area contributed by atoms with Gasteiger partial charge in [-0.05, 0) is 34.9 Å². The van der Waals surface area contributed by atoms with E-state index in [0.29, 0.717) is 36.3 Å². The van der Waals surface area contributed by atoms with Gasteiger partial charge < -0.3 is 13.8 Å². The van der Waals surface area contributed by atoms with Gasteiger partial charge in [-0.1, -0.05) is 48.5 Å². The molecule has 1 saturated heterocycles. The van der Waals surface area contributed by atoms with E-state index in [2.05, 4.69) is 4.74 Å². The van der Waals surface area contributed by atoms with Gasteiger partial charge in [0, 0.05) is 37.6 Å². The van der Waals surface area contributed by atoms with E-state index in [0.717, 1.165) is 12.3 Å². The molecule has 1 aliphatic carbocycles. The van der Waals surface area contributed by atoms with Crippen molar-refractivity contribution < 1.29 is 40.2 Å². The maximum absolute atomic E-state index is 13.8. The second kappa shape index (κ2) is 11.3. The van der Waals surface area contributed by atoms with Crippen molar-refractivity contribution in [3.8, 4) is 5.75 Å². The predicted octanol–water partition coefficient (Wildman–Crippen LogP) is 3.59. The summed E-state index contributed by atoms with van der Waals surface area (Å²) in [7, 11) is -4.18. The summed E-state index contributed by atoms with van der Waals surface area (Å²) in [5, 5.41) is 12.6. The summed E-state index contributed by atoms with van der Waals surface area (Å²) in [6, 6.07) is 14.1. The van der Waals surface area contributed by atoms with Gasteiger partial charge in [0.15, 0.2) is 0 Å². The number of nitro groups is 1. The molecule has 2 aromatic rings. The Balaban J connectivity index is 1.51. The molecule has 14 heteroatoms. The Morgan fingerprint density at radius 2 is 1.65 bits per heavy atom. The van der Waals surface area contributed by atoms with Crippen molar-refractivity contribution in [2.24, 2.45) is 0 Å². The van der Waals surface area contributed by atoms with Crippen LogP contribution in [0.5, 0.6) is 5.75 Å². The van der Waals surface area contributed by atoms with E-state index < -0.39 is 45.0 Å². The van der Waals surface area contributed by atoms with Gasteiger partial charge in [0.2, 0.25) is 5.76 Å². The lowest BCUT2D eigenvalue weighted by atomic mass is 9.81. The molecule has 0 N–H and O–H groups in total. The van der Waals surface area contributed by atoms with Crippen molar-refractivity contribution in [2.75, 3.05) is 32.4 Å². The molecule has 0 bridgehead atoms. The normalized spacial score (nSPS) is 20.4. The predicted molar refractivity (Wildman–Crippen MR) is 138 cm³/mol. The lowest BCUT2D eigenvalue weighted by Gasteiger charge is -2.38. The molecule has 40 heavy (non-hydrogen) atoms. The Morgan fingerprint density at radius 3 is 2.20 bits per heavy atom. The summed E-state index contributed by atoms with van der Waals surface area (Å²) in [5.74, 6) is -1.80. The Labute approximate surface area is 228 Å². The molecule has 0 saturated carbocycles. The first-order valence-corrected chi connectivity index (χ1v) is 14.0. The van der Waals surface area contributed by atoms with E-state index in [9.17, 15) is 36.5 Å². The molecule has 1 heterocycles. The molecule has 1 aliphatic heterocycles. The summed E-state index contributed by atoms with van der Waals surface area (Å²) in [6.45, 7) is 1.25. The van der Waals surface area contributed by atoms with Crippen LogP contribution in [-0.2, 0) is 25.6 Å². The number of piperazine rings is 1. The first-order chi connectivity index (χ1) is 18.8. The number of carbonyl (C=O) groups is 1. The minimum atomic E-state index is -4.79. The average molecular weight is 582 g/mol. The largest absolute Gasteiger partial charge is 0.573 e. The number of allylic oxidation sites excluding steroid dienone is 2. The summed E-state index contributed by atoms with van der Waals surface area (Å²) < 4.78 is 70.0. The van der Waals surface area contributed by atoms with Crippen LogP contribution in [-0.4, -0.2) is 73.4 Å². The van der Waals surface area contributed by atoms with Crippen LogP contribution < -0.4 is 4.74 Å². The maximum atomic E-state index is 13.8. The van der Waals surface area contributed by atoms with Crippen molar-refractivity contribution in [1.82, 2.24) is 9.80 Å². The van der Waals surface area contributed by atoms with Gasteiger partial charge in [0.1, 0.15) is 5.75 Å². The van der Waals surface area contributed by atoms with E-state index >= 15 is 0 Å². The number of ether oxygens (including phenoxy) is 1. The molecule has 1 fully saturated rings. The van der Waals surface area contributed by atoms with Crippen LogP contribution in [0.25, 0.3) is 5.57 Å². The third-order valence-corrected chi connectivity index (χ3v) is 7.05. The molecule has 4 rings (SSSR count). The van der Waals surface area contributed by atoms with Crippen molar-refractivity contribution in [3.05, 3.63) is 93.7 Å². The fourth-order valence-electron chi connectivity index (χ4n) is 4.69.